The minimum absolute atomic E-state index is 0.124. The van der Waals surface area contributed by atoms with Crippen LogP contribution in [0.4, 0.5) is 4.39 Å². The van der Waals surface area contributed by atoms with Gasteiger partial charge in [0.25, 0.3) is 11.8 Å². The number of nitrogens with zero attached hydrogens (tertiary/aromatic N) is 3. The molecule has 0 atom stereocenters. The molecule has 3 aromatic heterocycles. The van der Waals surface area contributed by atoms with E-state index < -0.39 is 11.7 Å². The second-order valence-electron chi connectivity index (χ2n) is 7.73. The van der Waals surface area contributed by atoms with Gasteiger partial charge in [-0.05, 0) is 55.0 Å². The van der Waals surface area contributed by atoms with Crippen molar-refractivity contribution in [3.05, 3.63) is 88.7 Å². The van der Waals surface area contributed by atoms with Crippen LogP contribution in [0.1, 0.15) is 21.6 Å². The number of pyridine rings is 3. The van der Waals surface area contributed by atoms with Gasteiger partial charge in [-0.2, -0.15) is 0 Å². The minimum atomic E-state index is -0.526. The Balaban J connectivity index is 1.71. The van der Waals surface area contributed by atoms with Gasteiger partial charge in [-0.25, -0.2) is 9.37 Å². The van der Waals surface area contributed by atoms with E-state index >= 15 is 0 Å². The standard InChI is InChI=1S/C26H22ClFN4O3/c1-15-6-17(12-29-11-15)18-9-22(24(30-13-18)16-7-19(27)10-20(28)8-16)25(33)31-14-21-4-5-23(34-2)26(32-21)35-3/h4-13H,14H2,1-3H3,(H,31,33). The first-order valence-corrected chi connectivity index (χ1v) is 11.0. The van der Waals surface area contributed by atoms with Crippen molar-refractivity contribution >= 4 is 17.5 Å². The zero-order valence-corrected chi connectivity index (χ0v) is 20.1. The van der Waals surface area contributed by atoms with Crippen LogP contribution in [0, 0.1) is 12.7 Å². The molecular weight excluding hydrogens is 471 g/mol. The van der Waals surface area contributed by atoms with Crippen molar-refractivity contribution in [1.82, 2.24) is 20.3 Å². The fourth-order valence-electron chi connectivity index (χ4n) is 3.56. The molecule has 1 aromatic carbocycles. The fourth-order valence-corrected chi connectivity index (χ4v) is 3.78. The summed E-state index contributed by atoms with van der Waals surface area (Å²) < 4.78 is 24.5. The number of hydrogen-bond donors (Lipinski definition) is 1. The Morgan fingerprint density at radius 3 is 2.51 bits per heavy atom. The molecule has 4 rings (SSSR count). The van der Waals surface area contributed by atoms with Gasteiger partial charge in [-0.3, -0.25) is 14.8 Å². The van der Waals surface area contributed by atoms with Gasteiger partial charge in [0.15, 0.2) is 5.75 Å². The number of benzene rings is 1. The normalized spacial score (nSPS) is 10.7. The molecule has 1 N–H and O–H groups in total. The predicted octanol–water partition coefficient (Wildman–Crippen LogP) is 5.25. The second-order valence-corrected chi connectivity index (χ2v) is 8.16. The van der Waals surface area contributed by atoms with Crippen LogP contribution in [0.25, 0.3) is 22.4 Å². The summed E-state index contributed by atoms with van der Waals surface area (Å²) in [7, 11) is 3.01. The van der Waals surface area contributed by atoms with Gasteiger partial charge < -0.3 is 14.8 Å². The van der Waals surface area contributed by atoms with E-state index in [1.54, 1.807) is 42.9 Å². The molecule has 7 nitrogen and oxygen atoms in total. The Bertz CT molecular complexity index is 1380. The highest BCUT2D eigenvalue weighted by Crippen LogP contribution is 2.30. The number of amides is 1. The molecule has 0 fully saturated rings. The molecule has 0 aliphatic rings. The van der Waals surface area contributed by atoms with Crippen LogP contribution in [0.15, 0.2) is 61.1 Å². The van der Waals surface area contributed by atoms with Gasteiger partial charge in [0.2, 0.25) is 0 Å². The number of halogens is 2. The molecular formula is C26H22ClFN4O3. The Kier molecular flexibility index (Phi) is 7.22. The molecule has 3 heterocycles. The first-order chi connectivity index (χ1) is 16.9. The van der Waals surface area contributed by atoms with E-state index in [1.165, 1.54) is 26.4 Å². The lowest BCUT2D eigenvalue weighted by atomic mass is 10.0. The van der Waals surface area contributed by atoms with E-state index in [-0.39, 0.29) is 17.1 Å². The third kappa shape index (κ3) is 5.55. The largest absolute Gasteiger partial charge is 0.491 e. The molecule has 0 spiro atoms. The lowest BCUT2D eigenvalue weighted by molar-refractivity contribution is 0.0950. The molecule has 0 aliphatic carbocycles. The summed E-state index contributed by atoms with van der Waals surface area (Å²) in [6, 6.07) is 11.1. The van der Waals surface area contributed by atoms with E-state index in [4.69, 9.17) is 21.1 Å². The van der Waals surface area contributed by atoms with Crippen molar-refractivity contribution in [1.29, 1.82) is 0 Å². The molecule has 9 heteroatoms. The SMILES string of the molecule is COc1ccc(CNC(=O)c2cc(-c3cncc(C)c3)cnc2-c2cc(F)cc(Cl)c2)nc1OC. The van der Waals surface area contributed by atoms with Crippen LogP contribution in [-0.2, 0) is 6.54 Å². The first-order valence-electron chi connectivity index (χ1n) is 10.6. The number of nitrogens with one attached hydrogen (secondary N) is 1. The third-order valence-electron chi connectivity index (χ3n) is 5.20. The molecule has 0 bridgehead atoms. The number of hydrogen-bond acceptors (Lipinski definition) is 6. The summed E-state index contributed by atoms with van der Waals surface area (Å²) in [5.74, 6) is -0.143. The van der Waals surface area contributed by atoms with Crippen LogP contribution in [0.2, 0.25) is 5.02 Å². The predicted molar refractivity (Wildman–Crippen MR) is 131 cm³/mol. The summed E-state index contributed by atoms with van der Waals surface area (Å²) >= 11 is 6.06. The molecule has 4 aromatic rings. The van der Waals surface area contributed by atoms with E-state index in [0.717, 1.165) is 11.1 Å². The van der Waals surface area contributed by atoms with Gasteiger partial charge >= 0.3 is 0 Å². The average Bonchev–Trinajstić information content (AvgIpc) is 2.86. The third-order valence-corrected chi connectivity index (χ3v) is 5.42. The summed E-state index contributed by atoms with van der Waals surface area (Å²) in [5.41, 5.74) is 3.98. The monoisotopic (exact) mass is 492 g/mol. The van der Waals surface area contributed by atoms with Crippen molar-refractivity contribution < 1.29 is 18.7 Å². The molecule has 0 saturated heterocycles. The van der Waals surface area contributed by atoms with Crippen molar-refractivity contribution in [3.8, 4) is 34.0 Å². The maximum Gasteiger partial charge on any atom is 0.257 e. The fraction of sp³-hybridized carbons (Fsp3) is 0.154. The maximum atomic E-state index is 14.1. The Hall–Kier alpha value is -4.04. The number of aromatic nitrogens is 3. The number of ether oxygens (including phenoxy) is 2. The van der Waals surface area contributed by atoms with Crippen molar-refractivity contribution in [3.63, 3.8) is 0 Å². The van der Waals surface area contributed by atoms with Gasteiger partial charge in [0, 0.05) is 40.3 Å². The Morgan fingerprint density at radius 2 is 1.80 bits per heavy atom. The molecule has 0 aliphatic heterocycles. The second kappa shape index (κ2) is 10.5. The Labute approximate surface area is 206 Å². The van der Waals surface area contributed by atoms with Crippen molar-refractivity contribution in [2.75, 3.05) is 14.2 Å². The zero-order chi connectivity index (χ0) is 24.9. The van der Waals surface area contributed by atoms with Gasteiger partial charge in [0.1, 0.15) is 5.82 Å². The highest BCUT2D eigenvalue weighted by Gasteiger charge is 2.18. The van der Waals surface area contributed by atoms with E-state index in [9.17, 15) is 9.18 Å². The molecule has 1 amide bonds. The molecule has 0 saturated carbocycles. The highest BCUT2D eigenvalue weighted by molar-refractivity contribution is 6.30. The van der Waals surface area contributed by atoms with Crippen LogP contribution in [0.5, 0.6) is 11.6 Å². The lowest BCUT2D eigenvalue weighted by Crippen LogP contribution is -2.24. The number of rotatable bonds is 7. The molecule has 0 radical (unpaired) electrons. The molecule has 35 heavy (non-hydrogen) atoms. The van der Waals surface area contributed by atoms with Crippen LogP contribution >= 0.6 is 11.6 Å². The van der Waals surface area contributed by atoms with Crippen molar-refractivity contribution in [2.45, 2.75) is 13.5 Å². The first kappa shape index (κ1) is 24.1. The lowest BCUT2D eigenvalue weighted by Gasteiger charge is -2.13. The number of carbonyl (C=O) groups is 1. The zero-order valence-electron chi connectivity index (χ0n) is 19.3. The van der Waals surface area contributed by atoms with Crippen LogP contribution in [0.3, 0.4) is 0 Å². The quantitative estimate of drug-likeness (QED) is 0.379. The molecule has 178 valence electrons. The number of methoxy groups -OCH3 is 2. The number of aryl methyl sites for hydroxylation is 1. The Morgan fingerprint density at radius 1 is 1.00 bits per heavy atom. The van der Waals surface area contributed by atoms with Gasteiger partial charge in [-0.15, -0.1) is 0 Å². The van der Waals surface area contributed by atoms with Crippen LogP contribution in [-0.4, -0.2) is 35.1 Å². The van der Waals surface area contributed by atoms with Gasteiger partial charge in [-0.1, -0.05) is 11.6 Å². The number of carbonyl (C=O) groups excluding carboxylic acids is 1. The summed E-state index contributed by atoms with van der Waals surface area (Å²) in [6.07, 6.45) is 5.05. The highest BCUT2D eigenvalue weighted by atomic mass is 35.5. The maximum absolute atomic E-state index is 14.1. The summed E-state index contributed by atoms with van der Waals surface area (Å²) in [4.78, 5) is 26.4. The van der Waals surface area contributed by atoms with E-state index in [0.29, 0.717) is 34.1 Å². The summed E-state index contributed by atoms with van der Waals surface area (Å²) in [6.45, 7) is 2.05. The van der Waals surface area contributed by atoms with E-state index in [2.05, 4.69) is 20.3 Å². The van der Waals surface area contributed by atoms with E-state index in [1.807, 2.05) is 13.0 Å². The smallest absolute Gasteiger partial charge is 0.257 e. The summed E-state index contributed by atoms with van der Waals surface area (Å²) in [5, 5.41) is 3.06. The molecule has 0 unspecified atom stereocenters. The van der Waals surface area contributed by atoms with Crippen molar-refractivity contribution in [2.24, 2.45) is 0 Å². The average molecular weight is 493 g/mol. The minimum Gasteiger partial charge on any atom is -0.491 e. The van der Waals surface area contributed by atoms with Crippen LogP contribution < -0.4 is 14.8 Å². The topological polar surface area (TPSA) is 86.2 Å². The van der Waals surface area contributed by atoms with Gasteiger partial charge in [0.05, 0.1) is 37.7 Å².